The maximum atomic E-state index is 12.3. The van der Waals surface area contributed by atoms with Gasteiger partial charge in [-0.25, -0.2) is 4.79 Å². The molecule has 0 saturated heterocycles. The molecule has 24 heavy (non-hydrogen) atoms. The molecule has 1 aliphatic heterocycles. The van der Waals surface area contributed by atoms with Crippen LogP contribution < -0.4 is 0 Å². The Kier molecular flexibility index (Phi) is 4.22. The minimum atomic E-state index is -1.68. The largest absolute Gasteiger partial charge is 0.459 e. The first-order valence-corrected chi connectivity index (χ1v) is 7.39. The summed E-state index contributed by atoms with van der Waals surface area (Å²) in [6.07, 6.45) is 0. The van der Waals surface area contributed by atoms with Crippen molar-refractivity contribution < 1.29 is 28.8 Å². The molecule has 0 unspecified atom stereocenters. The number of carbonyl (C=O) groups excluding carboxylic acids is 4. The third kappa shape index (κ3) is 3.15. The maximum Gasteiger partial charge on any atom is 0.349 e. The van der Waals surface area contributed by atoms with E-state index in [2.05, 4.69) is 0 Å². The highest BCUT2D eigenvalue weighted by Crippen LogP contribution is 2.27. The predicted molar refractivity (Wildman–Crippen MR) is 82.7 cm³/mol. The van der Waals surface area contributed by atoms with Crippen LogP contribution in [-0.4, -0.2) is 34.4 Å². The van der Waals surface area contributed by atoms with Crippen molar-refractivity contribution in [3.8, 4) is 0 Å². The third-order valence-corrected chi connectivity index (χ3v) is 3.35. The monoisotopic (exact) mass is 333 g/mol. The van der Waals surface area contributed by atoms with Crippen LogP contribution in [0.5, 0.6) is 0 Å². The fraction of sp³-hybridized carbons (Fsp3) is 0.412. The van der Waals surface area contributed by atoms with Gasteiger partial charge >= 0.3 is 11.9 Å². The van der Waals surface area contributed by atoms with E-state index in [1.54, 1.807) is 32.9 Å². The van der Waals surface area contributed by atoms with E-state index in [1.807, 2.05) is 0 Å². The number of rotatable bonds is 3. The number of ether oxygens (including phenoxy) is 1. The molecule has 0 fully saturated rings. The predicted octanol–water partition coefficient (Wildman–Crippen LogP) is 2.11. The first kappa shape index (κ1) is 17.7. The first-order valence-electron chi connectivity index (χ1n) is 7.39. The molecule has 0 N–H and O–H groups in total. The number of hydroxylamine groups is 2. The van der Waals surface area contributed by atoms with Gasteiger partial charge in [0.2, 0.25) is 0 Å². The average molecular weight is 333 g/mol. The Balaban J connectivity index is 2.17. The van der Waals surface area contributed by atoms with Crippen molar-refractivity contribution in [1.29, 1.82) is 0 Å². The quantitative estimate of drug-likeness (QED) is 0.478. The second-order valence-corrected chi connectivity index (χ2v) is 6.96. The van der Waals surface area contributed by atoms with Crippen LogP contribution in [0.4, 0.5) is 0 Å². The number of hydrogen-bond donors (Lipinski definition) is 0. The fourth-order valence-electron chi connectivity index (χ4n) is 1.94. The minimum absolute atomic E-state index is 0.144. The fourth-order valence-corrected chi connectivity index (χ4v) is 1.94. The van der Waals surface area contributed by atoms with E-state index in [0.29, 0.717) is 5.06 Å². The summed E-state index contributed by atoms with van der Waals surface area (Å²) in [6.45, 7) is 7.60. The summed E-state index contributed by atoms with van der Waals surface area (Å²) in [7, 11) is 0. The number of fused-ring (bicyclic) bond motifs is 1. The Bertz CT molecular complexity index is 694. The second-order valence-electron chi connectivity index (χ2n) is 6.96. The van der Waals surface area contributed by atoms with Crippen molar-refractivity contribution in [3.63, 3.8) is 0 Å². The summed E-state index contributed by atoms with van der Waals surface area (Å²) in [4.78, 5) is 53.8. The maximum absolute atomic E-state index is 12.3. The van der Waals surface area contributed by atoms with Crippen LogP contribution in [0, 0.1) is 5.41 Å². The average Bonchev–Trinajstić information content (AvgIpc) is 2.71. The van der Waals surface area contributed by atoms with Crippen molar-refractivity contribution in [1.82, 2.24) is 5.06 Å². The zero-order valence-corrected chi connectivity index (χ0v) is 14.2. The number of esters is 1. The van der Waals surface area contributed by atoms with E-state index in [4.69, 9.17) is 9.57 Å². The van der Waals surface area contributed by atoms with E-state index in [0.717, 1.165) is 0 Å². The molecule has 1 heterocycles. The normalized spacial score (nSPS) is 14.5. The van der Waals surface area contributed by atoms with Gasteiger partial charge in [-0.15, -0.1) is 0 Å². The molecule has 0 aromatic heterocycles. The van der Waals surface area contributed by atoms with E-state index >= 15 is 0 Å². The van der Waals surface area contributed by atoms with Crippen LogP contribution in [0.25, 0.3) is 0 Å². The summed E-state index contributed by atoms with van der Waals surface area (Å²) < 4.78 is 5.18. The molecule has 7 heteroatoms. The Hall–Kier alpha value is -2.70. The van der Waals surface area contributed by atoms with Gasteiger partial charge in [-0.2, -0.15) is 0 Å². The lowest BCUT2D eigenvalue weighted by Crippen LogP contribution is -2.44. The Morgan fingerprint density at radius 3 is 1.75 bits per heavy atom. The molecule has 2 rings (SSSR count). The molecule has 0 atom stereocenters. The highest BCUT2D eigenvalue weighted by molar-refractivity contribution is 6.21. The van der Waals surface area contributed by atoms with Crippen LogP contribution in [0.2, 0.25) is 0 Å². The molecule has 128 valence electrons. The molecule has 0 aliphatic carbocycles. The number of amides is 2. The molecule has 0 bridgehead atoms. The number of benzene rings is 1. The van der Waals surface area contributed by atoms with Gasteiger partial charge in [-0.3, -0.25) is 14.4 Å². The Labute approximate surface area is 139 Å². The van der Waals surface area contributed by atoms with Crippen molar-refractivity contribution >= 4 is 23.8 Å². The first-order chi connectivity index (χ1) is 10.9. The summed E-state index contributed by atoms with van der Waals surface area (Å²) in [5, 5.41) is 0.374. The molecule has 7 nitrogen and oxygen atoms in total. The Morgan fingerprint density at radius 1 is 0.875 bits per heavy atom. The molecule has 0 saturated carbocycles. The lowest BCUT2D eigenvalue weighted by atomic mass is 9.94. The van der Waals surface area contributed by atoms with Crippen molar-refractivity contribution in [2.45, 2.75) is 40.2 Å². The SMILES string of the molecule is CC(C)(C)OC(=O)C(C)(C)C(=O)ON1C(=O)c2ccccc2C1=O. The van der Waals surface area contributed by atoms with Gasteiger partial charge in [0.15, 0.2) is 5.41 Å². The van der Waals surface area contributed by atoms with Crippen molar-refractivity contribution in [2.75, 3.05) is 0 Å². The van der Waals surface area contributed by atoms with Crippen LogP contribution >= 0.6 is 0 Å². The van der Waals surface area contributed by atoms with Gasteiger partial charge < -0.3 is 9.57 Å². The van der Waals surface area contributed by atoms with Gasteiger partial charge in [-0.05, 0) is 46.8 Å². The van der Waals surface area contributed by atoms with Gasteiger partial charge in [0.05, 0.1) is 11.1 Å². The van der Waals surface area contributed by atoms with E-state index < -0.39 is 34.8 Å². The molecule has 2 amide bonds. The van der Waals surface area contributed by atoms with Gasteiger partial charge in [0.1, 0.15) is 5.60 Å². The second kappa shape index (κ2) is 5.74. The van der Waals surface area contributed by atoms with Crippen LogP contribution in [0.15, 0.2) is 24.3 Å². The highest BCUT2D eigenvalue weighted by Gasteiger charge is 2.46. The third-order valence-electron chi connectivity index (χ3n) is 3.35. The van der Waals surface area contributed by atoms with Crippen molar-refractivity contribution in [2.24, 2.45) is 5.41 Å². The standard InChI is InChI=1S/C17H19NO6/c1-16(2,3)23-14(21)17(4,5)15(22)24-18-12(19)10-8-6-7-9-11(10)13(18)20/h6-9H,1-5H3. The molecule has 1 aliphatic rings. The highest BCUT2D eigenvalue weighted by atomic mass is 16.7. The number of nitrogens with zero attached hydrogens (tertiary/aromatic N) is 1. The minimum Gasteiger partial charge on any atom is -0.459 e. The van der Waals surface area contributed by atoms with Crippen LogP contribution in [0.1, 0.15) is 55.3 Å². The number of hydrogen-bond acceptors (Lipinski definition) is 6. The lowest BCUT2D eigenvalue weighted by molar-refractivity contribution is -0.190. The summed E-state index contributed by atoms with van der Waals surface area (Å²) >= 11 is 0. The zero-order valence-electron chi connectivity index (χ0n) is 14.2. The molecular formula is C17H19NO6. The molecule has 0 spiro atoms. The molecular weight excluding hydrogens is 314 g/mol. The lowest BCUT2D eigenvalue weighted by Gasteiger charge is -2.27. The van der Waals surface area contributed by atoms with Crippen LogP contribution in [0.3, 0.4) is 0 Å². The molecule has 1 aromatic rings. The van der Waals surface area contributed by atoms with Gasteiger partial charge in [-0.1, -0.05) is 17.2 Å². The number of imide groups is 1. The van der Waals surface area contributed by atoms with Crippen molar-refractivity contribution in [3.05, 3.63) is 35.4 Å². The van der Waals surface area contributed by atoms with E-state index in [9.17, 15) is 19.2 Å². The van der Waals surface area contributed by atoms with Crippen LogP contribution in [-0.2, 0) is 19.2 Å². The van der Waals surface area contributed by atoms with E-state index in [-0.39, 0.29) is 11.1 Å². The Morgan fingerprint density at radius 2 is 1.33 bits per heavy atom. The zero-order chi connectivity index (χ0) is 18.3. The number of carbonyl (C=O) groups is 4. The summed E-state index contributed by atoms with van der Waals surface area (Å²) in [6, 6.07) is 6.12. The summed E-state index contributed by atoms with van der Waals surface area (Å²) in [5.41, 5.74) is -2.18. The smallest absolute Gasteiger partial charge is 0.349 e. The molecule has 1 aromatic carbocycles. The molecule has 0 radical (unpaired) electrons. The van der Waals surface area contributed by atoms with E-state index in [1.165, 1.54) is 26.0 Å². The topological polar surface area (TPSA) is 90.0 Å². The van der Waals surface area contributed by atoms with Gasteiger partial charge in [0.25, 0.3) is 11.8 Å². The van der Waals surface area contributed by atoms with Gasteiger partial charge in [0, 0.05) is 0 Å². The summed E-state index contributed by atoms with van der Waals surface area (Å²) in [5.74, 6) is -3.35.